The van der Waals surface area contributed by atoms with Crippen LogP contribution in [0.1, 0.15) is 76.0 Å². The minimum atomic E-state index is -0.499. The molecule has 4 fully saturated rings. The molecule has 10 nitrogen and oxygen atoms in total. The summed E-state index contributed by atoms with van der Waals surface area (Å²) in [7, 11) is 2.14. The summed E-state index contributed by atoms with van der Waals surface area (Å²) in [6.45, 7) is 5.71. The molecule has 2 amide bonds. The molecule has 1 aromatic heterocycles. The first-order valence-corrected chi connectivity index (χ1v) is 15.5. The van der Waals surface area contributed by atoms with Gasteiger partial charge in [0, 0.05) is 86.8 Å². The van der Waals surface area contributed by atoms with Crippen molar-refractivity contribution >= 4 is 29.1 Å². The molecule has 1 aromatic carbocycles. The van der Waals surface area contributed by atoms with E-state index in [0.29, 0.717) is 46.8 Å². The van der Waals surface area contributed by atoms with Gasteiger partial charge in [-0.25, -0.2) is 4.98 Å². The lowest BCUT2D eigenvalue weighted by Crippen LogP contribution is -2.50. The quantitative estimate of drug-likeness (QED) is 0.351. The van der Waals surface area contributed by atoms with Crippen LogP contribution >= 0.6 is 0 Å². The second-order valence-corrected chi connectivity index (χ2v) is 12.6. The van der Waals surface area contributed by atoms with Crippen LogP contribution in [0.25, 0.3) is 0 Å². The van der Waals surface area contributed by atoms with E-state index in [1.165, 1.54) is 12.8 Å². The van der Waals surface area contributed by atoms with Gasteiger partial charge in [-0.3, -0.25) is 14.4 Å². The maximum absolute atomic E-state index is 13.2. The third kappa shape index (κ3) is 6.60. The van der Waals surface area contributed by atoms with E-state index in [4.69, 9.17) is 10.7 Å². The van der Waals surface area contributed by atoms with E-state index in [9.17, 15) is 14.4 Å². The molecule has 42 heavy (non-hydrogen) atoms. The van der Waals surface area contributed by atoms with E-state index in [0.717, 1.165) is 70.8 Å². The van der Waals surface area contributed by atoms with Crippen LogP contribution in [0.3, 0.4) is 0 Å². The van der Waals surface area contributed by atoms with E-state index >= 15 is 0 Å². The number of carbonyl (C=O) groups excluding carboxylic acids is 3. The molecule has 1 aliphatic carbocycles. The maximum Gasteiger partial charge on any atom is 0.251 e. The highest BCUT2D eigenvalue weighted by molar-refractivity contribution is 6.02. The summed E-state index contributed by atoms with van der Waals surface area (Å²) in [6, 6.07) is 9.66. The number of pyridine rings is 1. The molecule has 4 N–H and O–H groups in total. The number of Topliss-reactive ketones (excluding diaryl/α,β-unsaturated/α-hetero) is 1. The molecule has 10 heteroatoms. The molecule has 0 spiro atoms. The van der Waals surface area contributed by atoms with E-state index < -0.39 is 5.91 Å². The number of hydrogen-bond donors (Lipinski definition) is 3. The molecule has 224 valence electrons. The first-order chi connectivity index (χ1) is 20.3. The van der Waals surface area contributed by atoms with Crippen LogP contribution in [0.15, 0.2) is 36.5 Å². The highest BCUT2D eigenvalue weighted by atomic mass is 16.2. The number of likely N-dealkylation sites (N-methyl/N-ethyl adjacent to an activating group) is 1. The van der Waals surface area contributed by atoms with Crippen LogP contribution in [0.5, 0.6) is 0 Å². The minimum absolute atomic E-state index is 0.0698. The van der Waals surface area contributed by atoms with Gasteiger partial charge in [-0.1, -0.05) is 0 Å². The number of fused-ring (bicyclic) bond motifs is 2. The summed E-state index contributed by atoms with van der Waals surface area (Å²) in [5.41, 5.74) is 7.82. The van der Waals surface area contributed by atoms with Crippen LogP contribution < -0.4 is 21.3 Å². The lowest BCUT2D eigenvalue weighted by Gasteiger charge is -2.40. The zero-order valence-electron chi connectivity index (χ0n) is 24.6. The van der Waals surface area contributed by atoms with Crippen molar-refractivity contribution in [3.8, 4) is 0 Å². The molecule has 1 saturated carbocycles. The van der Waals surface area contributed by atoms with Crippen LogP contribution in [0.4, 0.5) is 11.5 Å². The van der Waals surface area contributed by atoms with Gasteiger partial charge in [-0.15, -0.1) is 0 Å². The molecule has 0 radical (unpaired) electrons. The Morgan fingerprint density at radius 2 is 1.67 bits per heavy atom. The fourth-order valence-electron chi connectivity index (χ4n) is 6.74. The average Bonchev–Trinajstić information content (AvgIpc) is 3.78. The van der Waals surface area contributed by atoms with Crippen molar-refractivity contribution in [3.05, 3.63) is 53.2 Å². The third-order valence-corrected chi connectivity index (χ3v) is 9.48. The molecule has 2 bridgehead atoms. The molecule has 4 heterocycles. The number of piperazine rings is 1. The number of benzene rings is 1. The van der Waals surface area contributed by atoms with Crippen molar-refractivity contribution in [1.82, 2.24) is 20.1 Å². The fraction of sp³-hybridized carbons (Fsp3) is 0.562. The largest absolute Gasteiger partial charge is 0.384 e. The highest BCUT2D eigenvalue weighted by Crippen LogP contribution is 2.39. The normalized spacial score (nSPS) is 24.4. The van der Waals surface area contributed by atoms with Crippen LogP contribution in [-0.4, -0.2) is 96.8 Å². The number of ketones is 1. The van der Waals surface area contributed by atoms with Crippen molar-refractivity contribution < 1.29 is 14.4 Å². The number of primary amides is 1. The van der Waals surface area contributed by atoms with Crippen molar-refractivity contribution in [3.63, 3.8) is 0 Å². The molecule has 3 aliphatic heterocycles. The molecule has 2 aromatic rings. The van der Waals surface area contributed by atoms with Gasteiger partial charge < -0.3 is 31.1 Å². The van der Waals surface area contributed by atoms with Crippen molar-refractivity contribution in [1.29, 1.82) is 0 Å². The summed E-state index contributed by atoms with van der Waals surface area (Å²) in [5.74, 6) is 1.06. The SMILES string of the molecule is CN1CCN(CCC(=O)c2ccc(N3C4CCC3CC(NC(=O)c3ccc(C(N)=O)c(NCC5CC5)c3)C4)nc2)CC1. The fourth-order valence-corrected chi connectivity index (χ4v) is 6.74. The predicted molar refractivity (Wildman–Crippen MR) is 163 cm³/mol. The van der Waals surface area contributed by atoms with Gasteiger partial charge in [0.15, 0.2) is 5.78 Å². The monoisotopic (exact) mass is 573 g/mol. The lowest BCUT2D eigenvalue weighted by molar-refractivity contribution is 0.0923. The zero-order valence-corrected chi connectivity index (χ0v) is 24.6. The second-order valence-electron chi connectivity index (χ2n) is 12.6. The van der Waals surface area contributed by atoms with Crippen LogP contribution in [-0.2, 0) is 0 Å². The van der Waals surface area contributed by atoms with Crippen molar-refractivity contribution in [2.45, 2.75) is 63.1 Å². The first kappa shape index (κ1) is 28.6. The average molecular weight is 574 g/mol. The number of nitrogens with zero attached hydrogens (tertiary/aromatic N) is 4. The first-order valence-electron chi connectivity index (χ1n) is 15.5. The number of piperidine rings is 1. The van der Waals surface area contributed by atoms with E-state index in [2.05, 4.69) is 32.4 Å². The highest BCUT2D eigenvalue weighted by Gasteiger charge is 2.42. The molecule has 2 atom stereocenters. The minimum Gasteiger partial charge on any atom is -0.384 e. The van der Waals surface area contributed by atoms with Gasteiger partial charge in [-0.05, 0) is 81.8 Å². The van der Waals surface area contributed by atoms with Gasteiger partial charge in [-0.2, -0.15) is 0 Å². The Morgan fingerprint density at radius 1 is 0.952 bits per heavy atom. The molecule has 2 unspecified atom stereocenters. The summed E-state index contributed by atoms with van der Waals surface area (Å²) in [4.78, 5) is 49.8. The molecular weight excluding hydrogens is 530 g/mol. The number of hydrogen-bond acceptors (Lipinski definition) is 8. The Morgan fingerprint density at radius 3 is 2.31 bits per heavy atom. The number of anilines is 2. The Labute approximate surface area is 248 Å². The zero-order chi connectivity index (χ0) is 29.2. The predicted octanol–water partition coefficient (Wildman–Crippen LogP) is 2.75. The maximum atomic E-state index is 13.2. The summed E-state index contributed by atoms with van der Waals surface area (Å²) in [6.07, 6.45) is 8.46. The van der Waals surface area contributed by atoms with E-state index in [1.807, 2.05) is 12.1 Å². The molecule has 3 saturated heterocycles. The smallest absolute Gasteiger partial charge is 0.251 e. The Bertz CT molecular complexity index is 1290. The van der Waals surface area contributed by atoms with Crippen LogP contribution in [0, 0.1) is 5.92 Å². The Hall–Kier alpha value is -3.50. The molecular formula is C32H43N7O3. The van der Waals surface area contributed by atoms with Gasteiger partial charge >= 0.3 is 0 Å². The van der Waals surface area contributed by atoms with Crippen molar-refractivity contribution in [2.24, 2.45) is 11.7 Å². The summed E-state index contributed by atoms with van der Waals surface area (Å²) < 4.78 is 0. The standard InChI is InChI=1S/C32H43N7O3/c1-37-12-14-38(15-13-37)11-10-29(40)23-5-9-30(35-20-23)39-25-6-7-26(39)18-24(17-25)36-32(42)22-4-8-27(31(33)41)28(16-22)34-19-21-2-3-21/h4-5,8-9,16,20-21,24-26,34H,2-3,6-7,10-15,17-19H2,1H3,(H2,33,41)(H,36,42). The van der Waals surface area contributed by atoms with Gasteiger partial charge in [0.05, 0.1) is 5.56 Å². The Balaban J connectivity index is 1.03. The Kier molecular flexibility index (Phi) is 8.44. The third-order valence-electron chi connectivity index (χ3n) is 9.48. The van der Waals surface area contributed by atoms with Crippen LogP contribution in [0.2, 0.25) is 0 Å². The van der Waals surface area contributed by atoms with Gasteiger partial charge in [0.1, 0.15) is 5.82 Å². The van der Waals surface area contributed by atoms with E-state index in [-0.39, 0.29) is 17.7 Å². The number of aromatic nitrogens is 1. The summed E-state index contributed by atoms with van der Waals surface area (Å²) >= 11 is 0. The second kappa shape index (κ2) is 12.4. The number of carbonyl (C=O) groups is 3. The number of nitrogens with two attached hydrogens (primary N) is 1. The van der Waals surface area contributed by atoms with Crippen molar-refractivity contribution in [2.75, 3.05) is 56.5 Å². The number of amides is 2. The van der Waals surface area contributed by atoms with E-state index in [1.54, 1.807) is 24.4 Å². The van der Waals surface area contributed by atoms with Gasteiger partial charge in [0.2, 0.25) is 0 Å². The summed E-state index contributed by atoms with van der Waals surface area (Å²) in [5, 5.41) is 6.57. The van der Waals surface area contributed by atoms with Gasteiger partial charge in [0.25, 0.3) is 11.8 Å². The lowest BCUT2D eigenvalue weighted by atomic mass is 9.96. The number of rotatable bonds is 11. The molecule has 4 aliphatic rings. The molecule has 6 rings (SSSR count). The topological polar surface area (TPSA) is 124 Å². The number of nitrogens with one attached hydrogen (secondary N) is 2.